The molecule has 0 heterocycles. The lowest BCUT2D eigenvalue weighted by molar-refractivity contribution is -0.131. The van der Waals surface area contributed by atoms with E-state index in [1.807, 2.05) is 35.2 Å². The maximum atomic E-state index is 11.8. The zero-order valence-corrected chi connectivity index (χ0v) is 10.7. The summed E-state index contributed by atoms with van der Waals surface area (Å²) < 4.78 is 0. The van der Waals surface area contributed by atoms with Crippen LogP contribution < -0.4 is 5.73 Å². The minimum absolute atomic E-state index is 0.0230. The van der Waals surface area contributed by atoms with Crippen LogP contribution in [0.4, 0.5) is 0 Å². The van der Waals surface area contributed by atoms with Crippen molar-refractivity contribution >= 4 is 5.91 Å². The Morgan fingerprint density at radius 2 is 2.00 bits per heavy atom. The van der Waals surface area contributed by atoms with E-state index < -0.39 is 0 Å². The molecule has 0 aliphatic carbocycles. The van der Waals surface area contributed by atoms with Crippen molar-refractivity contribution in [2.75, 3.05) is 13.1 Å². The van der Waals surface area contributed by atoms with Crippen LogP contribution in [-0.2, 0) is 4.79 Å². The second-order valence-corrected chi connectivity index (χ2v) is 4.23. The Morgan fingerprint density at radius 3 is 2.53 bits per heavy atom. The molecule has 0 radical (unpaired) electrons. The minimum atomic E-state index is 0.0230. The molecule has 94 valence electrons. The highest BCUT2D eigenvalue weighted by Gasteiger charge is 2.19. The van der Waals surface area contributed by atoms with Gasteiger partial charge in [-0.1, -0.05) is 43.7 Å². The number of carbonyl (C=O) groups is 1. The van der Waals surface area contributed by atoms with E-state index in [0.29, 0.717) is 0 Å². The van der Waals surface area contributed by atoms with Crippen molar-refractivity contribution in [1.82, 2.24) is 4.90 Å². The normalized spacial score (nSPS) is 12.2. The quantitative estimate of drug-likeness (QED) is 0.821. The fourth-order valence-electron chi connectivity index (χ4n) is 1.89. The van der Waals surface area contributed by atoms with Crippen molar-refractivity contribution in [3.8, 4) is 0 Å². The van der Waals surface area contributed by atoms with Crippen LogP contribution in [0.3, 0.4) is 0 Å². The predicted molar refractivity (Wildman–Crippen MR) is 70.5 cm³/mol. The van der Waals surface area contributed by atoms with Crippen LogP contribution in [0.2, 0.25) is 0 Å². The molecule has 1 amide bonds. The Kier molecular flexibility index (Phi) is 5.70. The van der Waals surface area contributed by atoms with Gasteiger partial charge in [0.2, 0.25) is 5.91 Å². The molecule has 1 unspecified atom stereocenters. The van der Waals surface area contributed by atoms with Crippen molar-refractivity contribution in [3.05, 3.63) is 35.9 Å². The first-order chi connectivity index (χ1) is 8.20. The first kappa shape index (κ1) is 13.7. The fourth-order valence-corrected chi connectivity index (χ4v) is 1.89. The Hall–Kier alpha value is -1.35. The van der Waals surface area contributed by atoms with Crippen LogP contribution in [0.5, 0.6) is 0 Å². The van der Waals surface area contributed by atoms with Crippen LogP contribution in [0.1, 0.15) is 38.3 Å². The lowest BCUT2D eigenvalue weighted by atomic mass is 10.1. The number of unbranched alkanes of at least 4 members (excludes halogenated alkanes) is 1. The highest BCUT2D eigenvalue weighted by molar-refractivity contribution is 5.78. The number of hydrogen-bond acceptors (Lipinski definition) is 2. The average Bonchev–Trinajstić information content (AvgIpc) is 2.39. The van der Waals surface area contributed by atoms with Gasteiger partial charge < -0.3 is 10.6 Å². The molecule has 1 aromatic rings. The van der Waals surface area contributed by atoms with Gasteiger partial charge in [-0.25, -0.2) is 0 Å². The smallest absolute Gasteiger partial charge is 0.236 e. The summed E-state index contributed by atoms with van der Waals surface area (Å²) >= 11 is 0. The van der Waals surface area contributed by atoms with Crippen molar-refractivity contribution < 1.29 is 4.79 Å². The molecule has 1 rings (SSSR count). The largest absolute Gasteiger partial charge is 0.335 e. The summed E-state index contributed by atoms with van der Waals surface area (Å²) in [5.41, 5.74) is 6.63. The number of nitrogens with zero attached hydrogens (tertiary/aromatic N) is 1. The molecule has 0 bridgehead atoms. The van der Waals surface area contributed by atoms with Gasteiger partial charge in [-0.15, -0.1) is 0 Å². The highest BCUT2D eigenvalue weighted by atomic mass is 16.2. The Morgan fingerprint density at radius 1 is 1.35 bits per heavy atom. The standard InChI is InChI=1S/C14H22N2O/c1-3-4-10-16(14(17)11-15)12(2)13-8-6-5-7-9-13/h5-9,12H,3-4,10-11,15H2,1-2H3. The van der Waals surface area contributed by atoms with Crippen LogP contribution >= 0.6 is 0 Å². The van der Waals surface area contributed by atoms with Crippen molar-refractivity contribution in [2.24, 2.45) is 5.73 Å². The maximum Gasteiger partial charge on any atom is 0.236 e. The second kappa shape index (κ2) is 7.07. The van der Waals surface area contributed by atoms with Crippen molar-refractivity contribution in [1.29, 1.82) is 0 Å². The number of carbonyl (C=O) groups excluding carboxylic acids is 1. The van der Waals surface area contributed by atoms with E-state index in [0.717, 1.165) is 24.9 Å². The summed E-state index contributed by atoms with van der Waals surface area (Å²) in [4.78, 5) is 13.7. The third-order valence-electron chi connectivity index (χ3n) is 3.00. The lowest BCUT2D eigenvalue weighted by Gasteiger charge is -2.29. The van der Waals surface area contributed by atoms with Crippen molar-refractivity contribution in [2.45, 2.75) is 32.7 Å². The molecule has 0 aliphatic rings. The molecule has 0 fully saturated rings. The molecule has 3 nitrogen and oxygen atoms in total. The van der Waals surface area contributed by atoms with Gasteiger partial charge in [-0.2, -0.15) is 0 Å². The van der Waals surface area contributed by atoms with E-state index in [4.69, 9.17) is 5.73 Å². The molecular weight excluding hydrogens is 212 g/mol. The van der Waals surface area contributed by atoms with E-state index in [-0.39, 0.29) is 18.5 Å². The summed E-state index contributed by atoms with van der Waals surface area (Å²) in [5.74, 6) is 0.0230. The minimum Gasteiger partial charge on any atom is -0.335 e. The number of nitrogens with two attached hydrogens (primary N) is 1. The maximum absolute atomic E-state index is 11.8. The third kappa shape index (κ3) is 3.86. The predicted octanol–water partition coefficient (Wildman–Crippen LogP) is 2.34. The molecule has 3 heteroatoms. The van der Waals surface area contributed by atoms with Crippen LogP contribution in [0.25, 0.3) is 0 Å². The first-order valence-corrected chi connectivity index (χ1v) is 6.25. The molecule has 1 aromatic carbocycles. The Balaban J connectivity index is 2.78. The molecule has 1 atom stereocenters. The summed E-state index contributed by atoms with van der Waals surface area (Å²) in [6.45, 7) is 5.04. The third-order valence-corrected chi connectivity index (χ3v) is 3.00. The summed E-state index contributed by atoms with van der Waals surface area (Å²) in [6, 6.07) is 10.2. The molecule has 0 aliphatic heterocycles. The van der Waals surface area contributed by atoms with Gasteiger partial charge in [0.1, 0.15) is 0 Å². The van der Waals surface area contributed by atoms with Gasteiger partial charge in [0.15, 0.2) is 0 Å². The fraction of sp³-hybridized carbons (Fsp3) is 0.500. The first-order valence-electron chi connectivity index (χ1n) is 6.25. The molecule has 17 heavy (non-hydrogen) atoms. The van der Waals surface area contributed by atoms with Gasteiger partial charge in [-0.3, -0.25) is 4.79 Å². The lowest BCUT2D eigenvalue weighted by Crippen LogP contribution is -2.38. The molecule has 0 aromatic heterocycles. The SMILES string of the molecule is CCCCN(C(=O)CN)C(C)c1ccccc1. The van der Waals surface area contributed by atoms with Gasteiger partial charge in [0, 0.05) is 6.54 Å². The monoisotopic (exact) mass is 234 g/mol. The van der Waals surface area contributed by atoms with Gasteiger partial charge in [0.05, 0.1) is 12.6 Å². The van der Waals surface area contributed by atoms with Crippen LogP contribution in [0, 0.1) is 0 Å². The zero-order chi connectivity index (χ0) is 12.7. The van der Waals surface area contributed by atoms with E-state index in [9.17, 15) is 4.79 Å². The summed E-state index contributed by atoms with van der Waals surface area (Å²) in [5, 5.41) is 0. The van der Waals surface area contributed by atoms with E-state index in [2.05, 4.69) is 13.8 Å². The van der Waals surface area contributed by atoms with Gasteiger partial charge in [-0.05, 0) is 18.9 Å². The van der Waals surface area contributed by atoms with Gasteiger partial charge in [0.25, 0.3) is 0 Å². The summed E-state index contributed by atoms with van der Waals surface area (Å²) in [7, 11) is 0. The Bertz CT molecular complexity index is 337. The average molecular weight is 234 g/mol. The van der Waals surface area contributed by atoms with Crippen LogP contribution in [0.15, 0.2) is 30.3 Å². The molecular formula is C14H22N2O. The van der Waals surface area contributed by atoms with Gasteiger partial charge >= 0.3 is 0 Å². The number of rotatable bonds is 6. The number of benzene rings is 1. The second-order valence-electron chi connectivity index (χ2n) is 4.23. The molecule has 0 saturated carbocycles. The molecule has 0 saturated heterocycles. The van der Waals surface area contributed by atoms with E-state index in [1.54, 1.807) is 0 Å². The topological polar surface area (TPSA) is 46.3 Å². The Labute approximate surface area is 104 Å². The van der Waals surface area contributed by atoms with Crippen molar-refractivity contribution in [3.63, 3.8) is 0 Å². The number of amides is 1. The number of hydrogen-bond donors (Lipinski definition) is 1. The molecule has 2 N–H and O–H groups in total. The van der Waals surface area contributed by atoms with E-state index in [1.165, 1.54) is 0 Å². The highest BCUT2D eigenvalue weighted by Crippen LogP contribution is 2.20. The zero-order valence-electron chi connectivity index (χ0n) is 10.7. The van der Waals surface area contributed by atoms with E-state index >= 15 is 0 Å². The summed E-state index contributed by atoms with van der Waals surface area (Å²) in [6.07, 6.45) is 2.10. The molecule has 0 spiro atoms. The van der Waals surface area contributed by atoms with Crippen LogP contribution in [-0.4, -0.2) is 23.9 Å².